The molecule has 1 aliphatic rings. The van der Waals surface area contributed by atoms with E-state index in [1.807, 2.05) is 6.07 Å². The van der Waals surface area contributed by atoms with Gasteiger partial charge in [-0.05, 0) is 6.42 Å². The second kappa shape index (κ2) is 3.35. The van der Waals surface area contributed by atoms with Crippen molar-refractivity contribution in [2.75, 3.05) is 6.61 Å². The van der Waals surface area contributed by atoms with Gasteiger partial charge in [0.2, 0.25) is 5.91 Å². The summed E-state index contributed by atoms with van der Waals surface area (Å²) in [5.74, 6) is -0.317. The molecule has 60 valence electrons. The number of hydrogen-bond donors (Lipinski definition) is 2. The maximum absolute atomic E-state index is 11.0. The van der Waals surface area contributed by atoms with Gasteiger partial charge in [-0.15, -0.1) is 0 Å². The lowest BCUT2D eigenvalue weighted by Gasteiger charge is -2.02. The third kappa shape index (κ3) is 1.69. The number of aliphatic hydroxyl groups excluding tert-OH is 1. The van der Waals surface area contributed by atoms with Crippen LogP contribution in [-0.2, 0) is 4.79 Å². The number of aliphatic hydroxyl groups is 1. The summed E-state index contributed by atoms with van der Waals surface area (Å²) in [5, 5.41) is 19.6. The van der Waals surface area contributed by atoms with Crippen molar-refractivity contribution < 1.29 is 9.90 Å². The first-order valence-corrected chi connectivity index (χ1v) is 3.56. The molecule has 0 bridgehead atoms. The molecule has 0 aromatic carbocycles. The Labute approximate surface area is 64.8 Å². The highest BCUT2D eigenvalue weighted by atomic mass is 16.3. The zero-order valence-corrected chi connectivity index (χ0v) is 6.08. The third-order valence-electron chi connectivity index (χ3n) is 1.84. The van der Waals surface area contributed by atoms with Crippen LogP contribution in [0.25, 0.3) is 0 Å². The number of nitrogens with zero attached hydrogens (tertiary/aromatic N) is 1. The molecule has 0 radical (unpaired) electrons. The molecule has 1 amide bonds. The molecule has 0 spiro atoms. The lowest BCUT2D eigenvalue weighted by molar-refractivity contribution is -0.122. The Kier molecular flexibility index (Phi) is 2.44. The van der Waals surface area contributed by atoms with Crippen molar-refractivity contribution in [1.82, 2.24) is 5.32 Å². The fourth-order valence-corrected chi connectivity index (χ4v) is 1.23. The highest BCUT2D eigenvalue weighted by molar-refractivity contribution is 5.81. The highest BCUT2D eigenvalue weighted by Crippen LogP contribution is 2.17. The summed E-state index contributed by atoms with van der Waals surface area (Å²) in [6.07, 6.45) is 0.839. The van der Waals surface area contributed by atoms with Gasteiger partial charge in [0, 0.05) is 6.42 Å². The first-order chi connectivity index (χ1) is 5.27. The van der Waals surface area contributed by atoms with Gasteiger partial charge in [-0.3, -0.25) is 4.79 Å². The largest absolute Gasteiger partial charge is 0.394 e. The monoisotopic (exact) mass is 154 g/mol. The molecule has 2 N–H and O–H groups in total. The molecule has 1 fully saturated rings. The number of rotatable bonds is 2. The van der Waals surface area contributed by atoms with Gasteiger partial charge in [0.25, 0.3) is 0 Å². The van der Waals surface area contributed by atoms with Crippen molar-refractivity contribution in [3.8, 4) is 6.07 Å². The lowest BCUT2D eigenvalue weighted by atomic mass is 10.0. The minimum Gasteiger partial charge on any atom is -0.394 e. The normalized spacial score (nSPS) is 29.6. The van der Waals surface area contributed by atoms with Crippen LogP contribution in [0.4, 0.5) is 0 Å². The van der Waals surface area contributed by atoms with Crippen LogP contribution in [0.5, 0.6) is 0 Å². The molecule has 0 aliphatic carbocycles. The maximum Gasteiger partial charge on any atom is 0.224 e. The number of nitriles is 1. The van der Waals surface area contributed by atoms with Crippen LogP contribution >= 0.6 is 0 Å². The summed E-state index contributed by atoms with van der Waals surface area (Å²) in [5.41, 5.74) is 0. The van der Waals surface area contributed by atoms with E-state index in [9.17, 15) is 4.79 Å². The van der Waals surface area contributed by atoms with Crippen LogP contribution < -0.4 is 5.32 Å². The van der Waals surface area contributed by atoms with E-state index in [1.165, 1.54) is 0 Å². The summed E-state index contributed by atoms with van der Waals surface area (Å²) in [6.45, 7) is -0.0341. The summed E-state index contributed by atoms with van der Waals surface area (Å²) < 4.78 is 0. The van der Waals surface area contributed by atoms with E-state index in [0.29, 0.717) is 6.42 Å². The molecule has 11 heavy (non-hydrogen) atoms. The predicted molar refractivity (Wildman–Crippen MR) is 37.4 cm³/mol. The standard InChI is InChI=1S/C7H10N2O2/c8-2-1-5-3-6(4-10)9-7(5)11/h5-6,10H,1,3-4H2,(H,9,11). The molecular weight excluding hydrogens is 144 g/mol. The van der Waals surface area contributed by atoms with E-state index in [-0.39, 0.29) is 30.9 Å². The van der Waals surface area contributed by atoms with Gasteiger partial charge >= 0.3 is 0 Å². The zero-order chi connectivity index (χ0) is 8.27. The minimum absolute atomic E-state index is 0.0341. The minimum atomic E-state index is -0.211. The van der Waals surface area contributed by atoms with E-state index in [4.69, 9.17) is 10.4 Å². The van der Waals surface area contributed by atoms with Gasteiger partial charge in [0.1, 0.15) is 0 Å². The molecule has 0 aromatic heterocycles. The van der Waals surface area contributed by atoms with Crippen molar-refractivity contribution in [2.45, 2.75) is 18.9 Å². The second-order valence-corrected chi connectivity index (χ2v) is 2.68. The summed E-state index contributed by atoms with van der Waals surface area (Å²) in [7, 11) is 0. The van der Waals surface area contributed by atoms with Crippen molar-refractivity contribution in [3.63, 3.8) is 0 Å². The average molecular weight is 154 g/mol. The summed E-state index contributed by atoms with van der Waals surface area (Å²) >= 11 is 0. The van der Waals surface area contributed by atoms with Gasteiger partial charge in [-0.25, -0.2) is 0 Å². The maximum atomic E-state index is 11.0. The fourth-order valence-electron chi connectivity index (χ4n) is 1.23. The topological polar surface area (TPSA) is 73.1 Å². The quantitative estimate of drug-likeness (QED) is 0.557. The molecule has 2 atom stereocenters. The SMILES string of the molecule is N#CCC1CC(CO)NC1=O. The molecular formula is C7H10N2O2. The molecule has 2 unspecified atom stereocenters. The van der Waals surface area contributed by atoms with Crippen molar-refractivity contribution in [1.29, 1.82) is 5.26 Å². The molecule has 1 saturated heterocycles. The molecule has 1 rings (SSSR count). The van der Waals surface area contributed by atoms with Gasteiger partial charge in [-0.2, -0.15) is 5.26 Å². The number of nitrogens with one attached hydrogen (secondary N) is 1. The first-order valence-electron chi connectivity index (χ1n) is 3.56. The molecule has 1 aliphatic heterocycles. The van der Waals surface area contributed by atoms with E-state index < -0.39 is 0 Å². The van der Waals surface area contributed by atoms with E-state index in [1.54, 1.807) is 0 Å². The van der Waals surface area contributed by atoms with Gasteiger partial charge < -0.3 is 10.4 Å². The van der Waals surface area contributed by atoms with E-state index >= 15 is 0 Å². The Morgan fingerprint density at radius 3 is 3.00 bits per heavy atom. The van der Waals surface area contributed by atoms with Crippen LogP contribution in [0.3, 0.4) is 0 Å². The molecule has 4 heteroatoms. The van der Waals surface area contributed by atoms with Crippen LogP contribution in [0, 0.1) is 17.2 Å². The third-order valence-corrected chi connectivity index (χ3v) is 1.84. The van der Waals surface area contributed by atoms with Crippen LogP contribution in [0.15, 0.2) is 0 Å². The molecule has 1 heterocycles. The smallest absolute Gasteiger partial charge is 0.224 e. The fraction of sp³-hybridized carbons (Fsp3) is 0.714. The van der Waals surface area contributed by atoms with Crippen LogP contribution in [-0.4, -0.2) is 23.7 Å². The number of amides is 1. The Hall–Kier alpha value is -1.08. The summed E-state index contributed by atoms with van der Waals surface area (Å²) in [6, 6.07) is 1.80. The number of hydrogen-bond acceptors (Lipinski definition) is 3. The van der Waals surface area contributed by atoms with E-state index in [2.05, 4.69) is 5.32 Å². The summed E-state index contributed by atoms with van der Waals surface area (Å²) in [4.78, 5) is 11.0. The van der Waals surface area contributed by atoms with Crippen molar-refractivity contribution >= 4 is 5.91 Å². The predicted octanol–water partition coefficient (Wildman–Crippen LogP) is -0.603. The van der Waals surface area contributed by atoms with Crippen LogP contribution in [0.1, 0.15) is 12.8 Å². The average Bonchev–Trinajstić information content (AvgIpc) is 2.33. The lowest BCUT2D eigenvalue weighted by Crippen LogP contribution is -2.28. The van der Waals surface area contributed by atoms with Crippen LogP contribution in [0.2, 0.25) is 0 Å². The highest BCUT2D eigenvalue weighted by Gasteiger charge is 2.30. The second-order valence-electron chi connectivity index (χ2n) is 2.68. The van der Waals surface area contributed by atoms with Gasteiger partial charge in [0.15, 0.2) is 0 Å². The van der Waals surface area contributed by atoms with Gasteiger partial charge in [0.05, 0.1) is 24.6 Å². The Morgan fingerprint density at radius 1 is 1.82 bits per heavy atom. The van der Waals surface area contributed by atoms with Gasteiger partial charge in [-0.1, -0.05) is 0 Å². The Balaban J connectivity index is 2.46. The van der Waals surface area contributed by atoms with E-state index in [0.717, 1.165) is 0 Å². The zero-order valence-electron chi connectivity index (χ0n) is 6.08. The Bertz CT molecular complexity index is 197. The molecule has 4 nitrogen and oxygen atoms in total. The molecule has 0 saturated carbocycles. The van der Waals surface area contributed by atoms with Crippen molar-refractivity contribution in [2.24, 2.45) is 5.92 Å². The first kappa shape index (κ1) is 8.02. The number of carbonyl (C=O) groups is 1. The van der Waals surface area contributed by atoms with Crippen molar-refractivity contribution in [3.05, 3.63) is 0 Å². The molecule has 0 aromatic rings. The number of carbonyl (C=O) groups excluding carboxylic acids is 1. The Morgan fingerprint density at radius 2 is 2.55 bits per heavy atom.